The molecule has 0 fully saturated rings. The summed E-state index contributed by atoms with van der Waals surface area (Å²) < 4.78 is 30.7. The second-order valence-electron chi connectivity index (χ2n) is 4.60. The summed E-state index contributed by atoms with van der Waals surface area (Å²) in [7, 11) is -0.343. The first kappa shape index (κ1) is 16.9. The van der Waals surface area contributed by atoms with E-state index in [9.17, 15) is 8.42 Å². The van der Waals surface area contributed by atoms with Crippen LogP contribution in [-0.2, 0) is 16.4 Å². The minimum absolute atomic E-state index is 0.0265. The highest BCUT2D eigenvalue weighted by Crippen LogP contribution is 2.21. The van der Waals surface area contributed by atoms with Gasteiger partial charge in [0.2, 0.25) is 10.0 Å². The van der Waals surface area contributed by atoms with Crippen LogP contribution < -0.4 is 10.5 Å². The van der Waals surface area contributed by atoms with Gasteiger partial charge >= 0.3 is 0 Å². The van der Waals surface area contributed by atoms with E-state index < -0.39 is 10.0 Å². The molecule has 0 radical (unpaired) electrons. The summed E-state index contributed by atoms with van der Waals surface area (Å²) in [6, 6.07) is 7.33. The monoisotopic (exact) mass is 316 g/mol. The number of para-hydroxylation sites is 1. The third kappa shape index (κ3) is 4.43. The van der Waals surface area contributed by atoms with E-state index >= 15 is 0 Å². The summed E-state index contributed by atoms with van der Waals surface area (Å²) >= 11 is 4.67. The van der Waals surface area contributed by atoms with Gasteiger partial charge in [-0.15, -0.1) is 0 Å². The van der Waals surface area contributed by atoms with E-state index in [0.29, 0.717) is 6.42 Å². The normalized spacial score (nSPS) is 13.2. The van der Waals surface area contributed by atoms with E-state index in [1.54, 1.807) is 7.11 Å². The Morgan fingerprint density at radius 3 is 2.60 bits per heavy atom. The predicted octanol–water partition coefficient (Wildman–Crippen LogP) is 1.17. The Hall–Kier alpha value is -1.18. The number of rotatable bonds is 7. The van der Waals surface area contributed by atoms with E-state index in [1.165, 1.54) is 11.4 Å². The average Bonchev–Trinajstić information content (AvgIpc) is 2.36. The van der Waals surface area contributed by atoms with Crippen LogP contribution in [-0.4, -0.2) is 43.7 Å². The molecule has 0 saturated heterocycles. The molecule has 0 aromatic heterocycles. The van der Waals surface area contributed by atoms with Crippen molar-refractivity contribution in [3.8, 4) is 5.75 Å². The molecular formula is C13H20N2O3S2. The first-order valence-corrected chi connectivity index (χ1v) is 8.15. The number of thiocarbonyl (C=S) groups is 1. The fourth-order valence-corrected chi connectivity index (χ4v) is 3.51. The lowest BCUT2D eigenvalue weighted by molar-refractivity contribution is 0.375. The molecule has 1 aromatic rings. The van der Waals surface area contributed by atoms with Crippen molar-refractivity contribution in [2.24, 2.45) is 5.73 Å². The first-order chi connectivity index (χ1) is 9.27. The highest BCUT2D eigenvalue weighted by Gasteiger charge is 2.24. The number of sulfonamides is 1. The minimum atomic E-state index is -3.47. The van der Waals surface area contributed by atoms with Crippen molar-refractivity contribution in [1.82, 2.24) is 4.31 Å². The second kappa shape index (κ2) is 7.01. The SMILES string of the molecule is COc1ccccc1CC(C)N(C)S(=O)(=O)CC(N)=S. The van der Waals surface area contributed by atoms with Gasteiger partial charge in [0.15, 0.2) is 0 Å². The summed E-state index contributed by atoms with van der Waals surface area (Å²) in [6.45, 7) is 1.84. The van der Waals surface area contributed by atoms with Crippen molar-refractivity contribution in [2.75, 3.05) is 19.9 Å². The molecule has 0 aliphatic carbocycles. The van der Waals surface area contributed by atoms with E-state index in [-0.39, 0.29) is 16.8 Å². The number of likely N-dealkylation sites (N-methyl/N-ethyl adjacent to an activating group) is 1. The van der Waals surface area contributed by atoms with Crippen LogP contribution in [0, 0.1) is 0 Å². The van der Waals surface area contributed by atoms with Crippen molar-refractivity contribution < 1.29 is 13.2 Å². The van der Waals surface area contributed by atoms with Crippen LogP contribution in [0.15, 0.2) is 24.3 Å². The number of ether oxygens (including phenoxy) is 1. The topological polar surface area (TPSA) is 72.6 Å². The van der Waals surface area contributed by atoms with Gasteiger partial charge in [0.25, 0.3) is 0 Å². The summed E-state index contributed by atoms with van der Waals surface area (Å²) in [5, 5.41) is 0. The number of benzene rings is 1. The van der Waals surface area contributed by atoms with Crippen LogP contribution in [0.2, 0.25) is 0 Å². The lowest BCUT2D eigenvalue weighted by Gasteiger charge is -2.24. The molecule has 1 atom stereocenters. The van der Waals surface area contributed by atoms with Crippen molar-refractivity contribution in [3.63, 3.8) is 0 Å². The molecule has 2 N–H and O–H groups in total. The van der Waals surface area contributed by atoms with Gasteiger partial charge in [-0.2, -0.15) is 0 Å². The molecule has 0 bridgehead atoms. The summed E-state index contributed by atoms with van der Waals surface area (Å²) in [6.07, 6.45) is 0.553. The summed E-state index contributed by atoms with van der Waals surface area (Å²) in [4.78, 5) is -0.0265. The average molecular weight is 316 g/mol. The van der Waals surface area contributed by atoms with Crippen LogP contribution in [0.1, 0.15) is 12.5 Å². The van der Waals surface area contributed by atoms with Gasteiger partial charge in [0, 0.05) is 13.1 Å². The van der Waals surface area contributed by atoms with Crippen LogP contribution in [0.5, 0.6) is 5.75 Å². The standard InChI is InChI=1S/C13H20N2O3S2/c1-10(15(2)20(16,17)9-13(14)19)8-11-6-4-5-7-12(11)18-3/h4-7,10H,8-9H2,1-3H3,(H2,14,19). The van der Waals surface area contributed by atoms with Gasteiger partial charge in [0.1, 0.15) is 11.5 Å². The van der Waals surface area contributed by atoms with Gasteiger partial charge in [-0.1, -0.05) is 30.4 Å². The van der Waals surface area contributed by atoms with Gasteiger partial charge in [-0.05, 0) is 25.0 Å². The fourth-order valence-electron chi connectivity index (χ4n) is 1.87. The molecule has 1 rings (SSSR count). The summed E-state index contributed by atoms with van der Waals surface area (Å²) in [5.74, 6) is 0.439. The van der Waals surface area contributed by atoms with Gasteiger partial charge in [-0.25, -0.2) is 12.7 Å². The lowest BCUT2D eigenvalue weighted by atomic mass is 10.1. The number of hydrogen-bond acceptors (Lipinski definition) is 4. The van der Waals surface area contributed by atoms with Crippen LogP contribution in [0.4, 0.5) is 0 Å². The lowest BCUT2D eigenvalue weighted by Crippen LogP contribution is -2.40. The zero-order valence-corrected chi connectivity index (χ0v) is 13.5. The zero-order valence-electron chi connectivity index (χ0n) is 11.9. The maximum atomic E-state index is 12.1. The summed E-state index contributed by atoms with van der Waals surface area (Å²) in [5.41, 5.74) is 6.28. The fraction of sp³-hybridized carbons (Fsp3) is 0.462. The van der Waals surface area contributed by atoms with E-state index in [4.69, 9.17) is 10.5 Å². The number of methoxy groups -OCH3 is 1. The quantitative estimate of drug-likeness (QED) is 0.765. The molecule has 7 heteroatoms. The van der Waals surface area contributed by atoms with Crippen LogP contribution in [0.25, 0.3) is 0 Å². The van der Waals surface area contributed by atoms with Crippen molar-refractivity contribution in [3.05, 3.63) is 29.8 Å². The second-order valence-corrected chi connectivity index (χ2v) is 7.16. The predicted molar refractivity (Wildman–Crippen MR) is 84.5 cm³/mol. The maximum Gasteiger partial charge on any atom is 0.220 e. The van der Waals surface area contributed by atoms with Crippen LogP contribution >= 0.6 is 12.2 Å². The molecule has 0 aliphatic heterocycles. The molecule has 0 heterocycles. The van der Waals surface area contributed by atoms with Crippen molar-refractivity contribution >= 4 is 27.2 Å². The molecule has 1 aromatic carbocycles. The molecule has 0 spiro atoms. The Labute approximate surface area is 125 Å². The Morgan fingerprint density at radius 2 is 2.05 bits per heavy atom. The number of hydrogen-bond donors (Lipinski definition) is 1. The number of nitrogens with two attached hydrogens (primary N) is 1. The zero-order chi connectivity index (χ0) is 15.3. The third-order valence-corrected chi connectivity index (χ3v) is 5.33. The molecule has 112 valence electrons. The van der Waals surface area contributed by atoms with Gasteiger partial charge in [0.05, 0.1) is 12.1 Å². The Morgan fingerprint density at radius 1 is 1.45 bits per heavy atom. The Bertz CT molecular complexity index is 573. The largest absolute Gasteiger partial charge is 0.496 e. The molecule has 20 heavy (non-hydrogen) atoms. The molecule has 0 aliphatic rings. The maximum absolute atomic E-state index is 12.1. The smallest absolute Gasteiger partial charge is 0.220 e. The third-order valence-electron chi connectivity index (χ3n) is 3.09. The van der Waals surface area contributed by atoms with Crippen molar-refractivity contribution in [2.45, 2.75) is 19.4 Å². The van der Waals surface area contributed by atoms with E-state index in [2.05, 4.69) is 12.2 Å². The highest BCUT2D eigenvalue weighted by molar-refractivity contribution is 7.92. The van der Waals surface area contributed by atoms with E-state index in [0.717, 1.165) is 11.3 Å². The Kier molecular flexibility index (Phi) is 5.91. The van der Waals surface area contributed by atoms with Crippen LogP contribution in [0.3, 0.4) is 0 Å². The molecular weight excluding hydrogens is 296 g/mol. The van der Waals surface area contributed by atoms with Gasteiger partial charge < -0.3 is 10.5 Å². The first-order valence-electron chi connectivity index (χ1n) is 6.14. The van der Waals surface area contributed by atoms with E-state index in [1.807, 2.05) is 31.2 Å². The highest BCUT2D eigenvalue weighted by atomic mass is 32.2. The minimum Gasteiger partial charge on any atom is -0.496 e. The molecule has 0 amide bonds. The van der Waals surface area contributed by atoms with Crippen molar-refractivity contribution in [1.29, 1.82) is 0 Å². The molecule has 5 nitrogen and oxygen atoms in total. The Balaban J connectivity index is 2.85. The van der Waals surface area contributed by atoms with Gasteiger partial charge in [-0.3, -0.25) is 0 Å². The molecule has 0 saturated carbocycles. The number of nitrogens with zero attached hydrogens (tertiary/aromatic N) is 1. The molecule has 1 unspecified atom stereocenters.